The van der Waals surface area contributed by atoms with Crippen molar-refractivity contribution in [2.24, 2.45) is 10.9 Å². The first-order valence-corrected chi connectivity index (χ1v) is 12.9. The van der Waals surface area contributed by atoms with E-state index >= 15 is 0 Å². The first-order chi connectivity index (χ1) is 13.4. The average molecular weight is 421 g/mol. The van der Waals surface area contributed by atoms with E-state index in [1.54, 1.807) is 0 Å². The normalized spacial score (nSPS) is 28.2. The number of hydrogen-bond acceptors (Lipinski definition) is 4. The molecular weight excluding hydrogens is 392 g/mol. The third kappa shape index (κ3) is 4.62. The second kappa shape index (κ2) is 8.19. The Balaban J connectivity index is 1.49. The molecule has 2 saturated heterocycles. The Hall–Kier alpha value is -1.34. The minimum atomic E-state index is -3.01. The molecule has 0 aromatic heterocycles. The number of thioether (sulfide) groups is 1. The highest BCUT2D eigenvalue weighted by molar-refractivity contribution is 8.15. The first-order valence-electron chi connectivity index (χ1n) is 10.2. The maximum atomic E-state index is 12.5. The number of sulfone groups is 1. The Morgan fingerprint density at radius 2 is 1.89 bits per heavy atom. The third-order valence-corrected chi connectivity index (χ3v) is 9.36. The molecule has 28 heavy (non-hydrogen) atoms. The van der Waals surface area contributed by atoms with E-state index in [2.05, 4.69) is 34.2 Å². The number of nitrogens with zero attached hydrogens (tertiary/aromatic N) is 2. The summed E-state index contributed by atoms with van der Waals surface area (Å²) in [5.41, 5.74) is 2.30. The lowest BCUT2D eigenvalue weighted by Gasteiger charge is -2.24. The van der Waals surface area contributed by atoms with Gasteiger partial charge < -0.3 is 4.90 Å². The van der Waals surface area contributed by atoms with Crippen molar-refractivity contribution in [2.45, 2.75) is 63.3 Å². The molecule has 2 aliphatic heterocycles. The van der Waals surface area contributed by atoms with E-state index in [4.69, 9.17) is 0 Å². The van der Waals surface area contributed by atoms with Crippen LogP contribution in [-0.4, -0.2) is 47.2 Å². The molecule has 1 aromatic carbocycles. The number of amidine groups is 1. The Labute approximate surface area is 171 Å². The minimum Gasteiger partial charge on any atom is -0.342 e. The van der Waals surface area contributed by atoms with Crippen molar-refractivity contribution in [3.8, 4) is 0 Å². The highest BCUT2D eigenvalue weighted by Crippen LogP contribution is 2.39. The number of carbonyl (C=O) groups excluding carboxylic acids is 1. The summed E-state index contributed by atoms with van der Waals surface area (Å²) in [4.78, 5) is 19.0. The number of benzene rings is 1. The van der Waals surface area contributed by atoms with E-state index < -0.39 is 9.84 Å². The molecule has 0 N–H and O–H groups in total. The van der Waals surface area contributed by atoms with Crippen LogP contribution in [-0.2, 0) is 21.2 Å². The van der Waals surface area contributed by atoms with Crippen molar-refractivity contribution in [2.75, 3.05) is 11.5 Å². The number of rotatable bonds is 5. The predicted octanol–water partition coefficient (Wildman–Crippen LogP) is 3.56. The third-order valence-electron chi connectivity index (χ3n) is 6.11. The molecule has 2 heterocycles. The van der Waals surface area contributed by atoms with Gasteiger partial charge in [-0.15, -0.1) is 0 Å². The van der Waals surface area contributed by atoms with Gasteiger partial charge in [-0.05, 0) is 24.8 Å². The summed E-state index contributed by atoms with van der Waals surface area (Å²) in [7, 11) is -3.01. The van der Waals surface area contributed by atoms with Crippen molar-refractivity contribution in [3.63, 3.8) is 0 Å². The second-order valence-electron chi connectivity index (χ2n) is 8.39. The van der Waals surface area contributed by atoms with Crippen molar-refractivity contribution in [1.29, 1.82) is 0 Å². The molecule has 1 aliphatic carbocycles. The molecule has 0 bridgehead atoms. The summed E-state index contributed by atoms with van der Waals surface area (Å²) in [6.07, 6.45) is 6.47. The van der Waals surface area contributed by atoms with E-state index in [9.17, 15) is 13.2 Å². The maximum Gasteiger partial charge on any atom is 0.248 e. The summed E-state index contributed by atoms with van der Waals surface area (Å²) in [5, 5.41) is 0.693. The molecule has 152 valence electrons. The molecule has 1 amide bonds. The topological polar surface area (TPSA) is 66.8 Å². The Morgan fingerprint density at radius 1 is 1.18 bits per heavy atom. The molecule has 0 spiro atoms. The van der Waals surface area contributed by atoms with Crippen molar-refractivity contribution in [3.05, 3.63) is 35.4 Å². The van der Waals surface area contributed by atoms with Crippen molar-refractivity contribution in [1.82, 2.24) is 4.90 Å². The van der Waals surface area contributed by atoms with Crippen LogP contribution in [0.3, 0.4) is 0 Å². The van der Waals surface area contributed by atoms with E-state index in [0.29, 0.717) is 24.1 Å². The molecule has 0 radical (unpaired) electrons. The Bertz CT molecular complexity index is 858. The van der Waals surface area contributed by atoms with Gasteiger partial charge in [0, 0.05) is 18.2 Å². The number of fused-ring (bicyclic) bond motifs is 1. The number of aliphatic imine (C=N–C) groups is 1. The van der Waals surface area contributed by atoms with Crippen LogP contribution in [0.5, 0.6) is 0 Å². The van der Waals surface area contributed by atoms with Gasteiger partial charge in [0.25, 0.3) is 0 Å². The molecule has 4 rings (SSSR count). The summed E-state index contributed by atoms with van der Waals surface area (Å²) in [6.45, 7) is 2.64. The molecule has 1 aromatic rings. The lowest BCUT2D eigenvalue weighted by atomic mass is 10.0. The second-order valence-corrected chi connectivity index (χ2v) is 11.8. The van der Waals surface area contributed by atoms with Crippen LogP contribution >= 0.6 is 11.8 Å². The lowest BCUT2D eigenvalue weighted by Crippen LogP contribution is -2.37. The summed E-state index contributed by atoms with van der Waals surface area (Å²) in [5.74, 6) is 0.952. The fourth-order valence-electron chi connectivity index (χ4n) is 4.50. The van der Waals surface area contributed by atoms with Gasteiger partial charge >= 0.3 is 0 Å². The maximum absolute atomic E-state index is 12.5. The molecule has 5 nitrogen and oxygen atoms in total. The quantitative estimate of drug-likeness (QED) is 0.729. The minimum absolute atomic E-state index is 0.0168. The van der Waals surface area contributed by atoms with E-state index in [-0.39, 0.29) is 28.7 Å². The molecular formula is C21H28N2O3S2. The molecule has 2 atom stereocenters. The van der Waals surface area contributed by atoms with Crippen molar-refractivity contribution < 1.29 is 13.2 Å². The zero-order valence-electron chi connectivity index (χ0n) is 16.3. The number of aryl methyl sites for hydroxylation is 1. The average Bonchev–Trinajstić information content (AvgIpc) is 3.32. The summed E-state index contributed by atoms with van der Waals surface area (Å²) >= 11 is 1.48. The zero-order valence-corrected chi connectivity index (χ0v) is 18.0. The van der Waals surface area contributed by atoms with Crippen LogP contribution in [0.2, 0.25) is 0 Å². The first kappa shape index (κ1) is 20.0. The molecule has 3 fully saturated rings. The molecule has 7 heteroatoms. The number of amides is 1. The van der Waals surface area contributed by atoms with Gasteiger partial charge in [0.2, 0.25) is 5.91 Å². The van der Waals surface area contributed by atoms with Gasteiger partial charge in [-0.25, -0.2) is 8.42 Å². The Morgan fingerprint density at radius 3 is 2.61 bits per heavy atom. The van der Waals surface area contributed by atoms with Gasteiger partial charge in [-0.1, -0.05) is 67.3 Å². The smallest absolute Gasteiger partial charge is 0.248 e. The van der Waals surface area contributed by atoms with Crippen LogP contribution in [0, 0.1) is 12.8 Å². The zero-order chi connectivity index (χ0) is 19.7. The van der Waals surface area contributed by atoms with Crippen LogP contribution in [0.1, 0.15) is 49.7 Å². The monoisotopic (exact) mass is 420 g/mol. The SMILES string of the molecule is Cc1ccc(CN2C(=NC(=O)CCC3CCCC3)S[C@@H]3CS(=O)(=O)C[C@H]32)cc1. The van der Waals surface area contributed by atoms with Gasteiger partial charge in [0.15, 0.2) is 15.0 Å². The highest BCUT2D eigenvalue weighted by Gasteiger charge is 2.48. The van der Waals surface area contributed by atoms with Gasteiger partial charge in [-0.3, -0.25) is 4.79 Å². The standard InChI is InChI=1S/C21H28N2O3S2/c1-15-6-8-17(9-7-15)12-23-18-13-28(25,26)14-19(18)27-21(23)22-20(24)11-10-16-4-2-3-5-16/h6-9,16,18-19H,2-5,10-14H2,1H3/t18-,19-/m1/s1. The largest absolute Gasteiger partial charge is 0.342 e. The number of carbonyl (C=O) groups is 1. The van der Waals surface area contributed by atoms with Crippen LogP contribution < -0.4 is 0 Å². The van der Waals surface area contributed by atoms with Crippen molar-refractivity contribution >= 4 is 32.7 Å². The lowest BCUT2D eigenvalue weighted by molar-refractivity contribution is -0.118. The molecule has 3 aliphatic rings. The highest BCUT2D eigenvalue weighted by atomic mass is 32.2. The fraction of sp³-hybridized carbons (Fsp3) is 0.619. The van der Waals surface area contributed by atoms with Gasteiger partial charge in [0.05, 0.1) is 17.5 Å². The summed E-state index contributed by atoms with van der Waals surface area (Å²) in [6, 6.07) is 8.17. The van der Waals surface area contributed by atoms with E-state index in [1.807, 2.05) is 6.92 Å². The van der Waals surface area contributed by atoms with Crippen LogP contribution in [0.15, 0.2) is 29.3 Å². The predicted molar refractivity (Wildman–Crippen MR) is 114 cm³/mol. The van der Waals surface area contributed by atoms with Gasteiger partial charge in [0.1, 0.15) is 0 Å². The Kier molecular flexibility index (Phi) is 5.83. The van der Waals surface area contributed by atoms with E-state index in [0.717, 1.165) is 12.0 Å². The number of hydrogen-bond donors (Lipinski definition) is 0. The fourth-order valence-corrected chi connectivity index (χ4v) is 8.47. The molecule has 0 unspecified atom stereocenters. The van der Waals surface area contributed by atoms with Crippen LogP contribution in [0.4, 0.5) is 0 Å². The van der Waals surface area contributed by atoms with Crippen LogP contribution in [0.25, 0.3) is 0 Å². The van der Waals surface area contributed by atoms with E-state index in [1.165, 1.54) is 43.0 Å². The van der Waals surface area contributed by atoms with Gasteiger partial charge in [-0.2, -0.15) is 4.99 Å². The molecule has 1 saturated carbocycles. The summed E-state index contributed by atoms with van der Waals surface area (Å²) < 4.78 is 24.2.